The normalized spacial score (nSPS) is 9.76. The maximum atomic E-state index is 11.7. The summed E-state index contributed by atoms with van der Waals surface area (Å²) >= 11 is 8.27. The molecule has 0 aliphatic carbocycles. The smallest absolute Gasteiger partial charge is 0.257 e. The highest BCUT2D eigenvalue weighted by atomic mass is 79.9. The Morgan fingerprint density at radius 3 is 2.65 bits per heavy atom. The number of rotatable bonds is 4. The second kappa shape index (κ2) is 7.37. The largest absolute Gasteiger partial charge is 0.383 e. The lowest BCUT2D eigenvalue weighted by atomic mass is 10.2. The lowest BCUT2D eigenvalue weighted by molar-refractivity contribution is 0.0976. The molecular formula is C11H13BrN2O2S. The average Bonchev–Trinajstić information content (AvgIpc) is 2.30. The van der Waals surface area contributed by atoms with E-state index in [4.69, 9.17) is 17.0 Å². The molecule has 1 amide bonds. The summed E-state index contributed by atoms with van der Waals surface area (Å²) in [6, 6.07) is 7.04. The molecule has 0 aliphatic heterocycles. The quantitative estimate of drug-likeness (QED) is 0.656. The van der Waals surface area contributed by atoms with E-state index in [9.17, 15) is 4.79 Å². The van der Waals surface area contributed by atoms with Gasteiger partial charge in [0, 0.05) is 23.7 Å². The summed E-state index contributed by atoms with van der Waals surface area (Å²) in [6.45, 7) is 1.10. The first-order valence-corrected chi connectivity index (χ1v) is 6.17. The van der Waals surface area contributed by atoms with Gasteiger partial charge in [-0.15, -0.1) is 0 Å². The van der Waals surface area contributed by atoms with Crippen molar-refractivity contribution in [3.8, 4) is 0 Å². The van der Waals surface area contributed by atoms with Crippen molar-refractivity contribution in [2.75, 3.05) is 20.3 Å². The number of methoxy groups -OCH3 is 1. The van der Waals surface area contributed by atoms with E-state index in [-0.39, 0.29) is 5.91 Å². The molecule has 92 valence electrons. The van der Waals surface area contributed by atoms with Crippen molar-refractivity contribution < 1.29 is 9.53 Å². The molecule has 1 aromatic rings. The van der Waals surface area contributed by atoms with Crippen LogP contribution in [-0.2, 0) is 4.74 Å². The first-order chi connectivity index (χ1) is 8.13. The number of thiocarbonyl (C=S) groups is 1. The Morgan fingerprint density at radius 2 is 2.06 bits per heavy atom. The lowest BCUT2D eigenvalue weighted by Gasteiger charge is -2.08. The summed E-state index contributed by atoms with van der Waals surface area (Å²) in [5, 5.41) is 5.75. The van der Waals surface area contributed by atoms with Crippen molar-refractivity contribution in [3.63, 3.8) is 0 Å². The summed E-state index contributed by atoms with van der Waals surface area (Å²) in [5.41, 5.74) is 0.559. The number of nitrogens with one attached hydrogen (secondary N) is 2. The van der Waals surface area contributed by atoms with Gasteiger partial charge in [0.2, 0.25) is 0 Å². The molecule has 2 N–H and O–H groups in total. The monoisotopic (exact) mass is 316 g/mol. The predicted octanol–water partition coefficient (Wildman–Crippen LogP) is 1.70. The number of carbonyl (C=O) groups excluding carboxylic acids is 1. The van der Waals surface area contributed by atoms with Crippen LogP contribution in [0, 0.1) is 0 Å². The highest BCUT2D eigenvalue weighted by molar-refractivity contribution is 9.10. The van der Waals surface area contributed by atoms with Gasteiger partial charge in [0.05, 0.1) is 6.61 Å². The molecule has 0 radical (unpaired) electrons. The molecule has 0 saturated heterocycles. The van der Waals surface area contributed by atoms with Gasteiger partial charge in [-0.2, -0.15) is 0 Å². The fourth-order valence-corrected chi connectivity index (χ4v) is 1.55. The number of amides is 1. The Bertz CT molecular complexity index is 395. The van der Waals surface area contributed by atoms with E-state index in [1.807, 2.05) is 0 Å². The number of benzene rings is 1. The van der Waals surface area contributed by atoms with Crippen molar-refractivity contribution in [2.45, 2.75) is 0 Å². The van der Waals surface area contributed by atoms with Crippen molar-refractivity contribution in [1.82, 2.24) is 10.6 Å². The van der Waals surface area contributed by atoms with Crippen LogP contribution in [0.2, 0.25) is 0 Å². The lowest BCUT2D eigenvalue weighted by Crippen LogP contribution is -2.40. The third-order valence-corrected chi connectivity index (χ3v) is 2.70. The predicted molar refractivity (Wildman–Crippen MR) is 74.1 cm³/mol. The Hall–Kier alpha value is -0.980. The molecule has 1 aromatic carbocycles. The SMILES string of the molecule is COCCNC(=S)NC(=O)c1ccc(Br)cc1. The van der Waals surface area contributed by atoms with Gasteiger partial charge in [-0.25, -0.2) is 0 Å². The van der Waals surface area contributed by atoms with Gasteiger partial charge in [-0.1, -0.05) is 15.9 Å². The highest BCUT2D eigenvalue weighted by Gasteiger charge is 2.06. The molecule has 0 heterocycles. The van der Waals surface area contributed by atoms with Crippen LogP contribution < -0.4 is 10.6 Å². The second-order valence-corrected chi connectivity index (χ2v) is 4.53. The van der Waals surface area contributed by atoms with Crippen LogP contribution in [0.25, 0.3) is 0 Å². The zero-order valence-electron chi connectivity index (χ0n) is 9.33. The first-order valence-electron chi connectivity index (χ1n) is 4.97. The maximum absolute atomic E-state index is 11.7. The van der Waals surface area contributed by atoms with E-state index in [1.54, 1.807) is 31.4 Å². The fraction of sp³-hybridized carbons (Fsp3) is 0.273. The Labute approximate surface area is 114 Å². The van der Waals surface area contributed by atoms with Crippen LogP contribution in [0.3, 0.4) is 0 Å². The molecule has 0 saturated carbocycles. The molecule has 0 spiro atoms. The first kappa shape index (κ1) is 14.1. The van der Waals surface area contributed by atoms with Gasteiger partial charge in [0.15, 0.2) is 5.11 Å². The van der Waals surface area contributed by atoms with Crippen LogP contribution in [0.1, 0.15) is 10.4 Å². The molecule has 6 heteroatoms. The van der Waals surface area contributed by atoms with E-state index in [0.717, 1.165) is 4.47 Å². The Morgan fingerprint density at radius 1 is 1.41 bits per heavy atom. The molecular weight excluding hydrogens is 304 g/mol. The third-order valence-electron chi connectivity index (χ3n) is 1.93. The van der Waals surface area contributed by atoms with Crippen molar-refractivity contribution in [2.24, 2.45) is 0 Å². The molecule has 0 fully saturated rings. The minimum atomic E-state index is -0.229. The minimum absolute atomic E-state index is 0.229. The van der Waals surface area contributed by atoms with Gasteiger partial charge in [0.25, 0.3) is 5.91 Å². The summed E-state index contributed by atoms with van der Waals surface area (Å²) in [4.78, 5) is 11.7. The molecule has 1 rings (SSSR count). The highest BCUT2D eigenvalue weighted by Crippen LogP contribution is 2.10. The Balaban J connectivity index is 2.43. The molecule has 0 aromatic heterocycles. The topological polar surface area (TPSA) is 50.4 Å². The van der Waals surface area contributed by atoms with Gasteiger partial charge >= 0.3 is 0 Å². The van der Waals surface area contributed by atoms with Crippen LogP contribution >= 0.6 is 28.1 Å². The molecule has 0 unspecified atom stereocenters. The van der Waals surface area contributed by atoms with E-state index in [0.29, 0.717) is 23.8 Å². The molecule has 0 atom stereocenters. The van der Waals surface area contributed by atoms with Gasteiger partial charge < -0.3 is 10.1 Å². The molecule has 0 aliphatic rings. The maximum Gasteiger partial charge on any atom is 0.257 e. The van der Waals surface area contributed by atoms with Crippen LogP contribution in [0.4, 0.5) is 0 Å². The second-order valence-electron chi connectivity index (χ2n) is 3.21. The number of hydrogen-bond donors (Lipinski definition) is 2. The summed E-state index contributed by atoms with van der Waals surface area (Å²) in [7, 11) is 1.60. The number of hydrogen-bond acceptors (Lipinski definition) is 3. The zero-order valence-corrected chi connectivity index (χ0v) is 11.7. The number of carbonyl (C=O) groups is 1. The number of ether oxygens (including phenoxy) is 1. The van der Waals surface area contributed by atoms with Crippen molar-refractivity contribution in [3.05, 3.63) is 34.3 Å². The standard InChI is InChI=1S/C11H13BrN2O2S/c1-16-7-6-13-11(17)14-10(15)8-2-4-9(12)5-3-8/h2-5H,6-7H2,1H3,(H2,13,14,15,17). The van der Waals surface area contributed by atoms with Gasteiger partial charge in [-0.3, -0.25) is 10.1 Å². The average molecular weight is 317 g/mol. The molecule has 0 bridgehead atoms. The fourth-order valence-electron chi connectivity index (χ4n) is 1.09. The van der Waals surface area contributed by atoms with E-state index >= 15 is 0 Å². The summed E-state index contributed by atoms with van der Waals surface area (Å²) in [5.74, 6) is -0.229. The van der Waals surface area contributed by atoms with Crippen molar-refractivity contribution >= 4 is 39.2 Å². The van der Waals surface area contributed by atoms with Crippen LogP contribution in [0.5, 0.6) is 0 Å². The molecule has 4 nitrogen and oxygen atoms in total. The van der Waals surface area contributed by atoms with E-state index < -0.39 is 0 Å². The van der Waals surface area contributed by atoms with E-state index in [1.165, 1.54) is 0 Å². The Kier molecular flexibility index (Phi) is 6.10. The van der Waals surface area contributed by atoms with E-state index in [2.05, 4.69) is 26.6 Å². The van der Waals surface area contributed by atoms with Crippen molar-refractivity contribution in [1.29, 1.82) is 0 Å². The minimum Gasteiger partial charge on any atom is -0.383 e. The van der Waals surface area contributed by atoms with Gasteiger partial charge in [-0.05, 0) is 36.5 Å². The van der Waals surface area contributed by atoms with Crippen LogP contribution in [-0.4, -0.2) is 31.3 Å². The molecule has 17 heavy (non-hydrogen) atoms. The summed E-state index contributed by atoms with van der Waals surface area (Å²) < 4.78 is 5.78. The third kappa shape index (κ3) is 5.25. The van der Waals surface area contributed by atoms with Gasteiger partial charge in [0.1, 0.15) is 0 Å². The van der Waals surface area contributed by atoms with Crippen LogP contribution in [0.15, 0.2) is 28.7 Å². The number of halogens is 1. The zero-order chi connectivity index (χ0) is 12.7. The summed E-state index contributed by atoms with van der Waals surface area (Å²) in [6.07, 6.45) is 0.